The third-order valence-corrected chi connectivity index (χ3v) is 4.51. The summed E-state index contributed by atoms with van der Waals surface area (Å²) in [4.78, 5) is 11.9. The van der Waals surface area contributed by atoms with Gasteiger partial charge in [-0.05, 0) is 30.3 Å². The first-order valence-corrected chi connectivity index (χ1v) is 9.11. The van der Waals surface area contributed by atoms with Crippen molar-refractivity contribution >= 4 is 27.3 Å². The molecule has 140 valence electrons. The van der Waals surface area contributed by atoms with Crippen molar-refractivity contribution in [3.63, 3.8) is 0 Å². The van der Waals surface area contributed by atoms with E-state index in [1.54, 1.807) is 0 Å². The fraction of sp³-hybridized carbons (Fsp3) is 0.188. The lowest BCUT2D eigenvalue weighted by Crippen LogP contribution is -2.34. The van der Waals surface area contributed by atoms with Crippen LogP contribution in [0.3, 0.4) is 0 Å². The van der Waals surface area contributed by atoms with Gasteiger partial charge in [-0.1, -0.05) is 6.07 Å². The Morgan fingerprint density at radius 3 is 2.38 bits per heavy atom. The molecule has 0 aromatic heterocycles. The molecule has 0 saturated heterocycles. The van der Waals surface area contributed by atoms with E-state index in [0.29, 0.717) is 10.4 Å². The molecule has 2 aromatic carbocycles. The maximum absolute atomic E-state index is 13.9. The van der Waals surface area contributed by atoms with E-state index in [1.165, 1.54) is 18.2 Å². The second-order valence-corrected chi connectivity index (χ2v) is 7.24. The van der Waals surface area contributed by atoms with E-state index in [1.807, 2.05) is 0 Å². The van der Waals surface area contributed by atoms with Crippen molar-refractivity contribution in [2.24, 2.45) is 0 Å². The largest absolute Gasteiger partial charge is 0.326 e. The molecule has 0 aliphatic heterocycles. The molecule has 26 heavy (non-hydrogen) atoms. The Hall–Kier alpha value is -2.62. The number of nitrogens with one attached hydrogen (secondary N) is 1. The molecule has 0 fully saturated rings. The van der Waals surface area contributed by atoms with E-state index in [9.17, 15) is 30.8 Å². The molecule has 2 rings (SSSR count). The molecule has 0 unspecified atom stereocenters. The van der Waals surface area contributed by atoms with Crippen LogP contribution in [0.4, 0.5) is 28.9 Å². The van der Waals surface area contributed by atoms with Crippen LogP contribution in [0.25, 0.3) is 0 Å². The molecule has 0 heterocycles. The lowest BCUT2D eigenvalue weighted by atomic mass is 10.2. The highest BCUT2D eigenvalue weighted by molar-refractivity contribution is 7.92. The highest BCUT2D eigenvalue weighted by atomic mass is 32.2. The van der Waals surface area contributed by atoms with Gasteiger partial charge >= 0.3 is 0 Å². The molecular formula is C16H14F4N2O3S. The summed E-state index contributed by atoms with van der Waals surface area (Å²) < 4.78 is 77.6. The van der Waals surface area contributed by atoms with Crippen molar-refractivity contribution in [2.45, 2.75) is 6.42 Å². The van der Waals surface area contributed by atoms with Crippen molar-refractivity contribution in [3.05, 3.63) is 59.7 Å². The Balaban J connectivity index is 2.17. The SMILES string of the molecule is CS(=O)(=O)N(CCC(=O)Nc1cccc(F)c1)c1ccc(F)c(F)c1F. The predicted octanol–water partition coefficient (Wildman–Crippen LogP) is 3.04. The van der Waals surface area contributed by atoms with E-state index in [2.05, 4.69) is 5.32 Å². The molecule has 5 nitrogen and oxygen atoms in total. The second-order valence-electron chi connectivity index (χ2n) is 5.34. The summed E-state index contributed by atoms with van der Waals surface area (Å²) in [5.41, 5.74) is -0.565. The molecule has 2 aromatic rings. The molecule has 0 atom stereocenters. The van der Waals surface area contributed by atoms with E-state index in [-0.39, 0.29) is 5.69 Å². The van der Waals surface area contributed by atoms with Gasteiger partial charge in [-0.2, -0.15) is 0 Å². The summed E-state index contributed by atoms with van der Waals surface area (Å²) in [5, 5.41) is 2.35. The number of anilines is 2. The van der Waals surface area contributed by atoms with E-state index < -0.39 is 57.9 Å². The van der Waals surface area contributed by atoms with Gasteiger partial charge in [0.25, 0.3) is 0 Å². The molecule has 0 aliphatic rings. The standard InChI is InChI=1S/C16H14F4N2O3S/c1-26(24,25)22(13-6-5-12(18)15(19)16(13)20)8-7-14(23)21-11-4-2-3-10(17)9-11/h2-6,9H,7-8H2,1H3,(H,21,23). The third kappa shape index (κ3) is 4.72. The average Bonchev–Trinajstić information content (AvgIpc) is 2.53. The van der Waals surface area contributed by atoms with Gasteiger partial charge in [0.15, 0.2) is 17.5 Å². The summed E-state index contributed by atoms with van der Waals surface area (Å²) in [6.07, 6.45) is 0.306. The first kappa shape index (κ1) is 19.7. The van der Waals surface area contributed by atoms with Gasteiger partial charge in [-0.25, -0.2) is 26.0 Å². The molecular weight excluding hydrogens is 376 g/mol. The summed E-state index contributed by atoms with van der Waals surface area (Å²) >= 11 is 0. The Morgan fingerprint density at radius 1 is 1.08 bits per heavy atom. The van der Waals surface area contributed by atoms with Crippen LogP contribution in [-0.4, -0.2) is 27.1 Å². The van der Waals surface area contributed by atoms with Crippen LogP contribution >= 0.6 is 0 Å². The number of nitrogens with zero attached hydrogens (tertiary/aromatic N) is 1. The Bertz CT molecular complexity index is 935. The quantitative estimate of drug-likeness (QED) is 0.609. The molecule has 0 saturated carbocycles. The van der Waals surface area contributed by atoms with Crippen LogP contribution in [0.5, 0.6) is 0 Å². The molecule has 0 radical (unpaired) electrons. The number of halogens is 4. The van der Waals surface area contributed by atoms with E-state index >= 15 is 0 Å². The summed E-state index contributed by atoms with van der Waals surface area (Å²) in [5.74, 6) is -6.22. The Kier molecular flexibility index (Phi) is 5.86. The van der Waals surface area contributed by atoms with Crippen molar-refractivity contribution in [3.8, 4) is 0 Å². The number of hydrogen-bond acceptors (Lipinski definition) is 3. The van der Waals surface area contributed by atoms with Crippen LogP contribution in [0.15, 0.2) is 36.4 Å². The van der Waals surface area contributed by atoms with Gasteiger partial charge < -0.3 is 5.32 Å². The average molecular weight is 390 g/mol. The number of amides is 1. The fourth-order valence-electron chi connectivity index (χ4n) is 2.17. The van der Waals surface area contributed by atoms with Crippen LogP contribution in [0.1, 0.15) is 6.42 Å². The van der Waals surface area contributed by atoms with Gasteiger partial charge in [0.1, 0.15) is 5.82 Å². The number of carbonyl (C=O) groups excluding carboxylic acids is 1. The lowest BCUT2D eigenvalue weighted by molar-refractivity contribution is -0.116. The third-order valence-electron chi connectivity index (χ3n) is 3.33. The van der Waals surface area contributed by atoms with E-state index in [0.717, 1.165) is 18.4 Å². The van der Waals surface area contributed by atoms with Crippen LogP contribution in [0.2, 0.25) is 0 Å². The first-order chi connectivity index (χ1) is 12.1. The molecule has 1 amide bonds. The van der Waals surface area contributed by atoms with Crippen LogP contribution in [0, 0.1) is 23.3 Å². The van der Waals surface area contributed by atoms with Crippen molar-refractivity contribution in [1.29, 1.82) is 0 Å². The number of hydrogen-bond donors (Lipinski definition) is 1. The van der Waals surface area contributed by atoms with Crippen LogP contribution < -0.4 is 9.62 Å². The monoisotopic (exact) mass is 390 g/mol. The van der Waals surface area contributed by atoms with E-state index in [4.69, 9.17) is 0 Å². The summed E-state index contributed by atoms with van der Waals surface area (Å²) in [7, 11) is -4.08. The fourth-order valence-corrected chi connectivity index (χ4v) is 3.09. The summed E-state index contributed by atoms with van der Waals surface area (Å²) in [6, 6.07) is 6.36. The second kappa shape index (κ2) is 7.73. The highest BCUT2D eigenvalue weighted by Gasteiger charge is 2.25. The maximum atomic E-state index is 13.9. The molecule has 0 aliphatic carbocycles. The number of rotatable bonds is 6. The van der Waals surface area contributed by atoms with Crippen LogP contribution in [-0.2, 0) is 14.8 Å². The normalized spacial score (nSPS) is 11.3. The lowest BCUT2D eigenvalue weighted by Gasteiger charge is -2.22. The zero-order valence-electron chi connectivity index (χ0n) is 13.5. The number of carbonyl (C=O) groups is 1. The zero-order valence-corrected chi connectivity index (χ0v) is 14.3. The minimum atomic E-state index is -4.08. The van der Waals surface area contributed by atoms with Gasteiger partial charge in [-0.15, -0.1) is 0 Å². The van der Waals surface area contributed by atoms with Gasteiger partial charge in [0, 0.05) is 18.7 Å². The smallest absolute Gasteiger partial charge is 0.232 e. The Morgan fingerprint density at radius 2 is 1.77 bits per heavy atom. The van der Waals surface area contributed by atoms with Gasteiger partial charge in [0.2, 0.25) is 15.9 Å². The van der Waals surface area contributed by atoms with Crippen molar-refractivity contribution in [1.82, 2.24) is 0 Å². The maximum Gasteiger partial charge on any atom is 0.232 e. The predicted molar refractivity (Wildman–Crippen MR) is 88.2 cm³/mol. The first-order valence-electron chi connectivity index (χ1n) is 7.26. The minimum absolute atomic E-state index is 0.153. The summed E-state index contributed by atoms with van der Waals surface area (Å²) in [6.45, 7) is -0.526. The minimum Gasteiger partial charge on any atom is -0.326 e. The zero-order chi connectivity index (χ0) is 19.5. The van der Waals surface area contributed by atoms with Gasteiger partial charge in [0.05, 0.1) is 11.9 Å². The molecule has 0 spiro atoms. The number of benzene rings is 2. The Labute approximate surface area is 147 Å². The van der Waals surface area contributed by atoms with Gasteiger partial charge in [-0.3, -0.25) is 9.10 Å². The number of sulfonamides is 1. The molecule has 1 N–H and O–H groups in total. The van der Waals surface area contributed by atoms with Crippen molar-refractivity contribution in [2.75, 3.05) is 22.4 Å². The van der Waals surface area contributed by atoms with Crippen molar-refractivity contribution < 1.29 is 30.8 Å². The highest BCUT2D eigenvalue weighted by Crippen LogP contribution is 2.25. The topological polar surface area (TPSA) is 66.5 Å². The molecule has 0 bridgehead atoms. The molecule has 10 heteroatoms.